The van der Waals surface area contributed by atoms with E-state index in [-0.39, 0.29) is 10.8 Å². The minimum Gasteiger partial charge on any atom is -0.370 e. The second kappa shape index (κ2) is 6.00. The summed E-state index contributed by atoms with van der Waals surface area (Å²) in [6, 6.07) is 2.85. The van der Waals surface area contributed by atoms with E-state index >= 15 is 0 Å². The van der Waals surface area contributed by atoms with Gasteiger partial charge in [-0.15, -0.1) is 5.10 Å². The Balaban J connectivity index is 2.29. The van der Waals surface area contributed by atoms with E-state index < -0.39 is 10.0 Å². The van der Waals surface area contributed by atoms with Gasteiger partial charge in [0.05, 0.1) is 16.3 Å². The number of rotatable bonds is 5. The first kappa shape index (κ1) is 15.1. The summed E-state index contributed by atoms with van der Waals surface area (Å²) >= 11 is 0. The molecule has 112 valence electrons. The minimum absolute atomic E-state index is 0.0556. The van der Waals surface area contributed by atoms with Gasteiger partial charge in [-0.3, -0.25) is 0 Å². The molecule has 0 fully saturated rings. The fourth-order valence-corrected chi connectivity index (χ4v) is 2.49. The van der Waals surface area contributed by atoms with Crippen LogP contribution in [0.3, 0.4) is 0 Å². The van der Waals surface area contributed by atoms with Crippen LogP contribution in [0.2, 0.25) is 0 Å². The molecule has 8 nitrogen and oxygen atoms in total. The molecular weight excluding hydrogens is 292 g/mol. The fraction of sp³-hybridized carbons (Fsp3) is 0.333. The van der Waals surface area contributed by atoms with Crippen molar-refractivity contribution < 1.29 is 8.42 Å². The molecule has 2 rings (SSSR count). The first-order valence-electron chi connectivity index (χ1n) is 6.33. The van der Waals surface area contributed by atoms with Crippen molar-refractivity contribution in [2.75, 3.05) is 16.6 Å². The number of nitrogens with one attached hydrogen (secondary N) is 2. The molecule has 0 aliphatic heterocycles. The molecule has 2 heterocycles. The van der Waals surface area contributed by atoms with Crippen LogP contribution in [-0.2, 0) is 10.0 Å². The van der Waals surface area contributed by atoms with E-state index in [0.717, 1.165) is 0 Å². The number of sulfonamides is 1. The third-order valence-corrected chi connectivity index (χ3v) is 4.04. The van der Waals surface area contributed by atoms with Crippen LogP contribution in [0.5, 0.6) is 0 Å². The van der Waals surface area contributed by atoms with Crippen molar-refractivity contribution in [3.63, 3.8) is 0 Å². The third-order valence-electron chi connectivity index (χ3n) is 2.72. The highest BCUT2D eigenvalue weighted by molar-refractivity contribution is 7.92. The maximum Gasteiger partial charge on any atom is 0.264 e. The number of aromatic nitrogens is 4. The quantitative estimate of drug-likeness (QED) is 0.851. The lowest BCUT2D eigenvalue weighted by atomic mass is 10.4. The van der Waals surface area contributed by atoms with E-state index in [9.17, 15) is 8.42 Å². The van der Waals surface area contributed by atoms with Crippen LogP contribution < -0.4 is 10.0 Å². The lowest BCUT2D eigenvalue weighted by Gasteiger charge is -2.08. The van der Waals surface area contributed by atoms with Gasteiger partial charge in [0.25, 0.3) is 16.0 Å². The van der Waals surface area contributed by atoms with Crippen molar-refractivity contribution in [3.8, 4) is 0 Å². The Labute approximate surface area is 123 Å². The molecule has 0 bridgehead atoms. The summed E-state index contributed by atoms with van der Waals surface area (Å²) in [5.74, 6) is 0.430. The second-order valence-electron chi connectivity index (χ2n) is 4.32. The molecule has 0 aromatic carbocycles. The molecule has 0 saturated heterocycles. The van der Waals surface area contributed by atoms with Crippen LogP contribution in [0.15, 0.2) is 23.2 Å². The van der Waals surface area contributed by atoms with E-state index in [1.165, 1.54) is 18.3 Å². The molecule has 0 aliphatic carbocycles. The summed E-state index contributed by atoms with van der Waals surface area (Å²) < 4.78 is 26.9. The van der Waals surface area contributed by atoms with Crippen LogP contribution in [0.4, 0.5) is 11.8 Å². The monoisotopic (exact) mass is 308 g/mol. The molecule has 21 heavy (non-hydrogen) atoms. The molecule has 9 heteroatoms. The normalized spacial score (nSPS) is 11.2. The standard InChI is InChI=1S/C12H16N6O2S/c1-4-13-11-7-10(5-6-14-11)21(19,20)18-12-15-8(2)9(3)16-17-12/h5-7H,4H2,1-3H3,(H,13,14)(H,15,17,18). The molecule has 0 amide bonds. The lowest BCUT2D eigenvalue weighted by molar-refractivity contribution is 0.600. The summed E-state index contributed by atoms with van der Waals surface area (Å²) in [4.78, 5) is 8.15. The molecule has 0 spiro atoms. The van der Waals surface area contributed by atoms with Gasteiger partial charge in [0.1, 0.15) is 5.82 Å². The Morgan fingerprint density at radius 2 is 1.95 bits per heavy atom. The van der Waals surface area contributed by atoms with E-state index in [0.29, 0.717) is 23.8 Å². The Morgan fingerprint density at radius 3 is 2.62 bits per heavy atom. The van der Waals surface area contributed by atoms with E-state index in [4.69, 9.17) is 0 Å². The van der Waals surface area contributed by atoms with Gasteiger partial charge in [-0.1, -0.05) is 0 Å². The van der Waals surface area contributed by atoms with Gasteiger partial charge in [0.2, 0.25) is 0 Å². The number of hydrogen-bond donors (Lipinski definition) is 2. The molecule has 0 radical (unpaired) electrons. The first-order valence-corrected chi connectivity index (χ1v) is 7.81. The molecule has 0 saturated carbocycles. The predicted molar refractivity (Wildman–Crippen MR) is 78.5 cm³/mol. The topological polar surface area (TPSA) is 110 Å². The average molecular weight is 308 g/mol. The van der Waals surface area contributed by atoms with Crippen molar-refractivity contribution in [2.24, 2.45) is 0 Å². The number of aryl methyl sites for hydroxylation is 2. The Morgan fingerprint density at radius 1 is 1.19 bits per heavy atom. The molecular formula is C12H16N6O2S. The molecule has 2 aromatic heterocycles. The van der Waals surface area contributed by atoms with Gasteiger partial charge in [-0.05, 0) is 26.8 Å². The number of pyridine rings is 1. The van der Waals surface area contributed by atoms with Gasteiger partial charge in [-0.25, -0.2) is 23.1 Å². The van der Waals surface area contributed by atoms with E-state index in [1.54, 1.807) is 13.8 Å². The summed E-state index contributed by atoms with van der Waals surface area (Å²) in [7, 11) is -3.78. The number of hydrogen-bond acceptors (Lipinski definition) is 7. The maximum absolute atomic E-state index is 12.3. The van der Waals surface area contributed by atoms with Crippen LogP contribution >= 0.6 is 0 Å². The SMILES string of the molecule is CCNc1cc(S(=O)(=O)Nc2nnc(C)c(C)n2)ccn1. The average Bonchev–Trinajstić information content (AvgIpc) is 2.43. The predicted octanol–water partition coefficient (Wildman–Crippen LogP) is 1.12. The van der Waals surface area contributed by atoms with E-state index in [1.807, 2.05) is 6.92 Å². The smallest absolute Gasteiger partial charge is 0.264 e. The highest BCUT2D eigenvalue weighted by atomic mass is 32.2. The van der Waals surface area contributed by atoms with Gasteiger partial charge in [0, 0.05) is 18.8 Å². The molecule has 2 N–H and O–H groups in total. The van der Waals surface area contributed by atoms with Crippen LogP contribution in [0, 0.1) is 13.8 Å². The third kappa shape index (κ3) is 3.63. The molecule has 0 unspecified atom stereocenters. The number of nitrogens with zero attached hydrogens (tertiary/aromatic N) is 4. The van der Waals surface area contributed by atoms with E-state index in [2.05, 4.69) is 30.2 Å². The highest BCUT2D eigenvalue weighted by Crippen LogP contribution is 2.15. The first-order chi connectivity index (χ1) is 9.92. The zero-order valence-corrected chi connectivity index (χ0v) is 12.8. The zero-order valence-electron chi connectivity index (χ0n) is 12.0. The maximum atomic E-state index is 12.3. The van der Waals surface area contributed by atoms with Gasteiger partial charge >= 0.3 is 0 Å². The molecule has 2 aromatic rings. The number of anilines is 2. The Bertz CT molecular complexity index is 747. The Hall–Kier alpha value is -2.29. The highest BCUT2D eigenvalue weighted by Gasteiger charge is 2.17. The van der Waals surface area contributed by atoms with Gasteiger partial charge in [-0.2, -0.15) is 5.10 Å². The van der Waals surface area contributed by atoms with Crippen molar-refractivity contribution >= 4 is 21.8 Å². The van der Waals surface area contributed by atoms with Gasteiger partial charge in [0.15, 0.2) is 0 Å². The van der Waals surface area contributed by atoms with Crippen LogP contribution in [0.1, 0.15) is 18.3 Å². The summed E-state index contributed by atoms with van der Waals surface area (Å²) in [6.07, 6.45) is 1.42. The Kier molecular flexibility index (Phi) is 4.32. The van der Waals surface area contributed by atoms with Crippen molar-refractivity contribution in [2.45, 2.75) is 25.7 Å². The fourth-order valence-electron chi connectivity index (χ4n) is 1.54. The largest absolute Gasteiger partial charge is 0.370 e. The lowest BCUT2D eigenvalue weighted by Crippen LogP contribution is -2.16. The van der Waals surface area contributed by atoms with Crippen molar-refractivity contribution in [1.82, 2.24) is 20.2 Å². The minimum atomic E-state index is -3.78. The summed E-state index contributed by atoms with van der Waals surface area (Å²) in [5, 5.41) is 10.5. The summed E-state index contributed by atoms with van der Waals surface area (Å²) in [6.45, 7) is 6.03. The van der Waals surface area contributed by atoms with Gasteiger partial charge < -0.3 is 5.32 Å². The van der Waals surface area contributed by atoms with Crippen LogP contribution in [0.25, 0.3) is 0 Å². The zero-order chi connectivity index (χ0) is 15.5. The molecule has 0 aliphatic rings. The van der Waals surface area contributed by atoms with Crippen LogP contribution in [-0.4, -0.2) is 35.1 Å². The second-order valence-corrected chi connectivity index (χ2v) is 6.00. The summed E-state index contributed by atoms with van der Waals surface area (Å²) in [5.41, 5.74) is 1.27. The van der Waals surface area contributed by atoms with Crippen molar-refractivity contribution in [3.05, 3.63) is 29.7 Å². The molecule has 0 atom stereocenters. The van der Waals surface area contributed by atoms with Crippen molar-refractivity contribution in [1.29, 1.82) is 0 Å².